The molecule has 0 radical (unpaired) electrons. The molecule has 9 nitrogen and oxygen atoms in total. The number of esters is 1. The molecule has 0 aliphatic carbocycles. The van der Waals surface area contributed by atoms with Crippen LogP contribution >= 0.6 is 0 Å². The summed E-state index contributed by atoms with van der Waals surface area (Å²) in [6.07, 6.45) is 1.37. The lowest BCUT2D eigenvalue weighted by Crippen LogP contribution is -2.34. The monoisotopic (exact) mass is 479 g/mol. The van der Waals surface area contributed by atoms with Crippen molar-refractivity contribution in [1.82, 2.24) is 10.7 Å². The molecule has 10 heteroatoms. The van der Waals surface area contributed by atoms with Gasteiger partial charge >= 0.3 is 5.97 Å². The summed E-state index contributed by atoms with van der Waals surface area (Å²) in [6.45, 7) is -0.296. The van der Waals surface area contributed by atoms with Gasteiger partial charge in [-0.3, -0.25) is 9.59 Å². The highest BCUT2D eigenvalue weighted by Gasteiger charge is 2.13. The van der Waals surface area contributed by atoms with E-state index in [-0.39, 0.29) is 17.9 Å². The van der Waals surface area contributed by atoms with E-state index in [0.29, 0.717) is 22.6 Å². The van der Waals surface area contributed by atoms with Crippen LogP contribution in [0.25, 0.3) is 0 Å². The smallest absolute Gasteiger partial charge is 0.346 e. The number of ether oxygens (including phenoxy) is 3. The van der Waals surface area contributed by atoms with Crippen LogP contribution in [0.3, 0.4) is 0 Å². The van der Waals surface area contributed by atoms with Gasteiger partial charge in [0, 0.05) is 5.56 Å². The summed E-state index contributed by atoms with van der Waals surface area (Å²) < 4.78 is 29.1. The third kappa shape index (κ3) is 6.87. The van der Waals surface area contributed by atoms with Crippen LogP contribution in [0, 0.1) is 5.82 Å². The molecule has 3 rings (SSSR count). The summed E-state index contributed by atoms with van der Waals surface area (Å²) in [5, 5.41) is 6.31. The zero-order valence-corrected chi connectivity index (χ0v) is 18.9. The van der Waals surface area contributed by atoms with E-state index in [4.69, 9.17) is 14.2 Å². The number of carbonyl (C=O) groups excluding carboxylic acids is 3. The second kappa shape index (κ2) is 11.9. The number of carbonyl (C=O) groups is 3. The van der Waals surface area contributed by atoms with Crippen molar-refractivity contribution in [3.8, 4) is 17.2 Å². The van der Waals surface area contributed by atoms with Crippen LogP contribution in [-0.4, -0.2) is 44.8 Å². The van der Waals surface area contributed by atoms with Crippen molar-refractivity contribution in [3.63, 3.8) is 0 Å². The lowest BCUT2D eigenvalue weighted by Gasteiger charge is -2.09. The average Bonchev–Trinajstić information content (AvgIpc) is 2.88. The highest BCUT2D eigenvalue weighted by atomic mass is 19.1. The molecule has 0 atom stereocenters. The molecule has 0 saturated carbocycles. The summed E-state index contributed by atoms with van der Waals surface area (Å²) in [4.78, 5) is 36.3. The molecule has 35 heavy (non-hydrogen) atoms. The van der Waals surface area contributed by atoms with Crippen LogP contribution in [-0.2, 0) is 4.79 Å². The Morgan fingerprint density at radius 3 is 2.34 bits per heavy atom. The van der Waals surface area contributed by atoms with E-state index >= 15 is 0 Å². The fourth-order valence-electron chi connectivity index (χ4n) is 2.87. The number of halogens is 1. The number of hydrogen-bond acceptors (Lipinski definition) is 7. The zero-order valence-electron chi connectivity index (χ0n) is 18.9. The van der Waals surface area contributed by atoms with Crippen LogP contribution in [0.5, 0.6) is 17.2 Å². The molecule has 180 valence electrons. The maximum Gasteiger partial charge on any atom is 0.346 e. The maximum atomic E-state index is 13.7. The lowest BCUT2D eigenvalue weighted by molar-refractivity contribution is -0.120. The van der Waals surface area contributed by atoms with E-state index in [1.807, 2.05) is 0 Å². The molecule has 0 heterocycles. The second-order valence-electron chi connectivity index (χ2n) is 6.98. The van der Waals surface area contributed by atoms with Gasteiger partial charge in [-0.15, -0.1) is 0 Å². The molecule has 0 aliphatic rings. The SMILES string of the molecule is COc1ccc(C(=O)NCC(=O)NN=Cc2ccc(OC(=O)c3ccccc3F)cc2)cc1OC. The van der Waals surface area contributed by atoms with Crippen molar-refractivity contribution >= 4 is 24.0 Å². The van der Waals surface area contributed by atoms with E-state index in [2.05, 4.69) is 15.8 Å². The third-order valence-corrected chi connectivity index (χ3v) is 4.64. The average molecular weight is 479 g/mol. The number of rotatable bonds is 9. The summed E-state index contributed by atoms with van der Waals surface area (Å²) in [7, 11) is 2.94. The maximum absolute atomic E-state index is 13.7. The molecule has 3 aromatic rings. The first-order valence-corrected chi connectivity index (χ1v) is 10.3. The van der Waals surface area contributed by atoms with E-state index in [0.717, 1.165) is 0 Å². The highest BCUT2D eigenvalue weighted by Crippen LogP contribution is 2.27. The van der Waals surface area contributed by atoms with Crippen molar-refractivity contribution in [2.45, 2.75) is 0 Å². The normalized spacial score (nSPS) is 10.5. The predicted molar refractivity (Wildman–Crippen MR) is 125 cm³/mol. The fourth-order valence-corrected chi connectivity index (χ4v) is 2.87. The van der Waals surface area contributed by atoms with Crippen LogP contribution in [0.4, 0.5) is 4.39 Å². The molecular formula is C25H22FN3O6. The topological polar surface area (TPSA) is 115 Å². The number of hydrazone groups is 1. The van der Waals surface area contributed by atoms with Gasteiger partial charge < -0.3 is 19.5 Å². The number of nitrogens with one attached hydrogen (secondary N) is 2. The quantitative estimate of drug-likeness (QED) is 0.211. The minimum atomic E-state index is -0.813. The first kappa shape index (κ1) is 24.9. The molecule has 2 amide bonds. The Morgan fingerprint density at radius 2 is 1.66 bits per heavy atom. The van der Waals surface area contributed by atoms with Gasteiger partial charge in [-0.2, -0.15) is 5.10 Å². The Morgan fingerprint density at radius 1 is 0.943 bits per heavy atom. The largest absolute Gasteiger partial charge is 0.493 e. The molecule has 2 N–H and O–H groups in total. The van der Waals surface area contributed by atoms with Crippen molar-refractivity contribution in [2.75, 3.05) is 20.8 Å². The molecule has 0 aliphatic heterocycles. The minimum Gasteiger partial charge on any atom is -0.493 e. The van der Waals surface area contributed by atoms with Crippen molar-refractivity contribution < 1.29 is 33.0 Å². The molecular weight excluding hydrogens is 457 g/mol. The first-order chi connectivity index (χ1) is 16.9. The van der Waals surface area contributed by atoms with Crippen LogP contribution in [0.2, 0.25) is 0 Å². The summed E-state index contributed by atoms with van der Waals surface area (Å²) in [6, 6.07) is 16.4. The van der Waals surface area contributed by atoms with Gasteiger partial charge in [-0.1, -0.05) is 12.1 Å². The lowest BCUT2D eigenvalue weighted by atomic mass is 10.2. The van der Waals surface area contributed by atoms with Gasteiger partial charge in [0.15, 0.2) is 11.5 Å². The van der Waals surface area contributed by atoms with Gasteiger partial charge in [-0.05, 0) is 60.2 Å². The molecule has 0 bridgehead atoms. The van der Waals surface area contributed by atoms with E-state index in [1.54, 1.807) is 24.3 Å². The van der Waals surface area contributed by atoms with E-state index < -0.39 is 23.6 Å². The summed E-state index contributed by atoms with van der Waals surface area (Å²) in [5.74, 6) is -1.40. The zero-order chi connectivity index (χ0) is 25.2. The summed E-state index contributed by atoms with van der Waals surface area (Å²) in [5.41, 5.74) is 3.03. The van der Waals surface area contributed by atoms with Crippen LogP contribution < -0.4 is 25.0 Å². The molecule has 0 saturated heterocycles. The highest BCUT2D eigenvalue weighted by molar-refractivity contribution is 5.97. The first-order valence-electron chi connectivity index (χ1n) is 10.3. The second-order valence-corrected chi connectivity index (χ2v) is 6.98. The number of amides is 2. The Bertz CT molecular complexity index is 1240. The summed E-state index contributed by atoms with van der Waals surface area (Å²) >= 11 is 0. The molecule has 0 spiro atoms. The number of benzene rings is 3. The number of nitrogens with zero attached hydrogens (tertiary/aromatic N) is 1. The van der Waals surface area contributed by atoms with Gasteiger partial charge in [0.25, 0.3) is 11.8 Å². The Hall–Kier alpha value is -4.73. The van der Waals surface area contributed by atoms with Gasteiger partial charge in [0.05, 0.1) is 32.5 Å². The molecule has 0 fully saturated rings. The predicted octanol–water partition coefficient (Wildman–Crippen LogP) is 2.94. The van der Waals surface area contributed by atoms with E-state index in [1.165, 1.54) is 62.9 Å². The fraction of sp³-hybridized carbons (Fsp3) is 0.120. The van der Waals surface area contributed by atoms with E-state index in [9.17, 15) is 18.8 Å². The van der Waals surface area contributed by atoms with Gasteiger partial charge in [0.2, 0.25) is 0 Å². The Kier molecular flexibility index (Phi) is 8.49. The standard InChI is InChI=1S/C25H22FN3O6/c1-33-21-12-9-17(13-22(21)34-2)24(31)27-15-23(30)29-28-14-16-7-10-18(11-8-16)35-25(32)19-5-3-4-6-20(19)26/h3-14H,15H2,1-2H3,(H,27,31)(H,29,30). The van der Waals surface area contributed by atoms with Crippen LogP contribution in [0.1, 0.15) is 26.3 Å². The van der Waals surface area contributed by atoms with Crippen LogP contribution in [0.15, 0.2) is 71.8 Å². The van der Waals surface area contributed by atoms with Crippen molar-refractivity contribution in [2.24, 2.45) is 5.10 Å². The minimum absolute atomic E-state index is 0.168. The Labute approximate surface area is 200 Å². The number of hydrogen-bond donors (Lipinski definition) is 2. The molecule has 0 aromatic heterocycles. The number of methoxy groups -OCH3 is 2. The van der Waals surface area contributed by atoms with Gasteiger partial charge in [0.1, 0.15) is 11.6 Å². The van der Waals surface area contributed by atoms with Crippen molar-refractivity contribution in [1.29, 1.82) is 0 Å². The molecule has 0 unspecified atom stereocenters. The van der Waals surface area contributed by atoms with Gasteiger partial charge in [-0.25, -0.2) is 14.6 Å². The Balaban J connectivity index is 1.47. The third-order valence-electron chi connectivity index (χ3n) is 4.64. The van der Waals surface area contributed by atoms with Crippen molar-refractivity contribution in [3.05, 3.63) is 89.2 Å². The molecule has 3 aromatic carbocycles.